The molecule has 0 radical (unpaired) electrons. The van der Waals surface area contributed by atoms with Crippen LogP contribution in [0.25, 0.3) is 0 Å². The summed E-state index contributed by atoms with van der Waals surface area (Å²) in [5, 5.41) is 7.16. The van der Waals surface area contributed by atoms with Crippen LogP contribution < -0.4 is 15.0 Å². The minimum atomic E-state index is -0.0141. The number of thioether (sulfide) groups is 1. The minimum absolute atomic E-state index is 0.0141. The van der Waals surface area contributed by atoms with Crippen molar-refractivity contribution >= 4 is 23.4 Å². The Kier molecular flexibility index (Phi) is 6.82. The number of benzene rings is 2. The van der Waals surface area contributed by atoms with Gasteiger partial charge in [0, 0.05) is 35.8 Å². The van der Waals surface area contributed by atoms with Crippen LogP contribution in [0.5, 0.6) is 5.75 Å². The number of methoxy groups -OCH3 is 1. The van der Waals surface area contributed by atoms with Gasteiger partial charge in [-0.15, -0.1) is 11.8 Å². The third-order valence-corrected chi connectivity index (χ3v) is 6.54. The highest BCUT2D eigenvalue weighted by Gasteiger charge is 2.22. The number of hydrogen-bond donors (Lipinski definition) is 1. The molecule has 2 aromatic carbocycles. The molecular weight excluding hydrogens is 410 g/mol. The van der Waals surface area contributed by atoms with Crippen molar-refractivity contribution in [2.45, 2.75) is 36.5 Å². The number of anilines is 1. The van der Waals surface area contributed by atoms with E-state index >= 15 is 0 Å². The molecule has 162 valence electrons. The molecule has 0 atom stereocenters. The molecule has 1 N–H and O–H groups in total. The van der Waals surface area contributed by atoms with Crippen LogP contribution in [0.15, 0.2) is 64.0 Å². The largest absolute Gasteiger partial charge is 0.497 e. The molecule has 0 bridgehead atoms. The Morgan fingerprint density at radius 2 is 1.94 bits per heavy atom. The normalized spacial score (nSPS) is 14.5. The van der Waals surface area contributed by atoms with Crippen LogP contribution >= 0.6 is 11.8 Å². The molecular formula is C24H27N3O3S. The monoisotopic (exact) mass is 437 g/mol. The zero-order valence-corrected chi connectivity index (χ0v) is 18.7. The maximum absolute atomic E-state index is 13.0. The fourth-order valence-corrected chi connectivity index (χ4v) is 4.68. The number of ether oxygens (including phenoxy) is 1. The second-order valence-corrected chi connectivity index (χ2v) is 8.67. The summed E-state index contributed by atoms with van der Waals surface area (Å²) < 4.78 is 10.5. The van der Waals surface area contributed by atoms with Gasteiger partial charge in [0.15, 0.2) is 0 Å². The molecule has 1 aromatic heterocycles. The summed E-state index contributed by atoms with van der Waals surface area (Å²) in [5.41, 5.74) is 2.76. The number of piperidine rings is 1. The van der Waals surface area contributed by atoms with E-state index in [0.29, 0.717) is 11.3 Å². The molecule has 0 aliphatic carbocycles. The highest BCUT2D eigenvalue weighted by molar-refractivity contribution is 7.98. The lowest BCUT2D eigenvalue weighted by atomic mass is 10.0. The first kappa shape index (κ1) is 21.3. The molecule has 6 nitrogen and oxygen atoms in total. The average Bonchev–Trinajstić information content (AvgIpc) is 3.23. The molecule has 0 saturated carbocycles. The summed E-state index contributed by atoms with van der Waals surface area (Å²) in [6.45, 7) is 3.73. The number of rotatable bonds is 7. The first-order chi connectivity index (χ1) is 15.1. The molecule has 1 amide bonds. The smallest absolute Gasteiger partial charge is 0.252 e. The minimum Gasteiger partial charge on any atom is -0.497 e. The van der Waals surface area contributed by atoms with Gasteiger partial charge in [-0.3, -0.25) is 4.79 Å². The van der Waals surface area contributed by atoms with Crippen LogP contribution in [0.3, 0.4) is 0 Å². The molecule has 7 heteroatoms. The van der Waals surface area contributed by atoms with Gasteiger partial charge in [-0.25, -0.2) is 0 Å². The lowest BCUT2D eigenvalue weighted by Crippen LogP contribution is -2.44. The van der Waals surface area contributed by atoms with Crippen LogP contribution in [0.2, 0.25) is 0 Å². The molecule has 1 aliphatic heterocycles. The predicted molar refractivity (Wildman–Crippen MR) is 123 cm³/mol. The number of amides is 1. The number of hydrogen-bond acceptors (Lipinski definition) is 6. The lowest BCUT2D eigenvalue weighted by molar-refractivity contribution is 0.0928. The molecule has 0 unspecified atom stereocenters. The van der Waals surface area contributed by atoms with Crippen molar-refractivity contribution in [3.05, 3.63) is 71.6 Å². The lowest BCUT2D eigenvalue weighted by Gasteiger charge is -2.34. The van der Waals surface area contributed by atoms with E-state index in [9.17, 15) is 4.79 Å². The number of nitrogens with zero attached hydrogens (tertiary/aromatic N) is 2. The number of carbonyl (C=O) groups excluding carboxylic acids is 1. The number of aryl methyl sites for hydroxylation is 1. The third kappa shape index (κ3) is 5.41. The van der Waals surface area contributed by atoms with Crippen molar-refractivity contribution in [3.63, 3.8) is 0 Å². The standard InChI is InChI=1S/C24H27N3O3S/c1-17-15-21(30-26-17)16-31-23-6-4-3-5-22(23)24(28)25-18-11-13-27(14-12-18)19-7-9-20(29-2)10-8-19/h3-10,15,18H,11-14,16H2,1-2H3,(H,25,28). The second-order valence-electron chi connectivity index (χ2n) is 7.65. The molecule has 4 rings (SSSR count). The van der Waals surface area contributed by atoms with Crippen molar-refractivity contribution in [3.8, 4) is 5.75 Å². The second kappa shape index (κ2) is 9.92. The Morgan fingerprint density at radius 3 is 2.61 bits per heavy atom. The van der Waals surface area contributed by atoms with Crippen molar-refractivity contribution in [1.82, 2.24) is 10.5 Å². The van der Waals surface area contributed by atoms with E-state index in [0.717, 1.165) is 48.0 Å². The quantitative estimate of drug-likeness (QED) is 0.541. The zero-order chi connectivity index (χ0) is 21.6. The van der Waals surface area contributed by atoms with E-state index in [2.05, 4.69) is 27.5 Å². The molecule has 31 heavy (non-hydrogen) atoms. The van der Waals surface area contributed by atoms with E-state index in [1.807, 2.05) is 49.4 Å². The molecule has 1 fully saturated rings. The molecule has 2 heterocycles. The van der Waals surface area contributed by atoms with Crippen molar-refractivity contribution in [2.75, 3.05) is 25.1 Å². The summed E-state index contributed by atoms with van der Waals surface area (Å²) in [6.07, 6.45) is 1.84. The Labute approximate surface area is 186 Å². The Morgan fingerprint density at radius 1 is 1.19 bits per heavy atom. The fourth-order valence-electron chi connectivity index (χ4n) is 3.75. The topological polar surface area (TPSA) is 67.6 Å². The predicted octanol–water partition coefficient (Wildman–Crippen LogP) is 4.68. The maximum atomic E-state index is 13.0. The summed E-state index contributed by atoms with van der Waals surface area (Å²) in [6, 6.07) is 18.0. The number of nitrogens with one attached hydrogen (secondary N) is 1. The van der Waals surface area contributed by atoms with Crippen molar-refractivity contribution in [1.29, 1.82) is 0 Å². The van der Waals surface area contributed by atoms with Crippen LogP contribution in [0, 0.1) is 6.92 Å². The van der Waals surface area contributed by atoms with Crippen molar-refractivity contribution in [2.24, 2.45) is 0 Å². The Hall–Kier alpha value is -2.93. The zero-order valence-electron chi connectivity index (χ0n) is 17.8. The van der Waals surface area contributed by atoms with Crippen molar-refractivity contribution < 1.29 is 14.1 Å². The SMILES string of the molecule is COc1ccc(N2CCC(NC(=O)c3ccccc3SCc3cc(C)no3)CC2)cc1. The summed E-state index contributed by atoms with van der Waals surface area (Å²) in [5.74, 6) is 2.30. The van der Waals surface area contributed by atoms with Gasteiger partial charge in [-0.2, -0.15) is 0 Å². The van der Waals surface area contributed by atoms with Gasteiger partial charge in [0.2, 0.25) is 0 Å². The van der Waals surface area contributed by atoms with E-state index in [4.69, 9.17) is 9.26 Å². The van der Waals surface area contributed by atoms with Gasteiger partial charge in [0.25, 0.3) is 5.91 Å². The van der Waals surface area contributed by atoms with Crippen LogP contribution in [0.1, 0.15) is 34.7 Å². The molecule has 3 aromatic rings. The van der Waals surface area contributed by atoms with Gasteiger partial charge in [0.1, 0.15) is 11.5 Å². The first-order valence-electron chi connectivity index (χ1n) is 10.5. The van der Waals surface area contributed by atoms with Crippen LogP contribution in [-0.4, -0.2) is 37.3 Å². The Balaban J connectivity index is 1.32. The van der Waals surface area contributed by atoms with Gasteiger partial charge in [-0.05, 0) is 56.2 Å². The number of carbonyl (C=O) groups is 1. The van der Waals surface area contributed by atoms with Gasteiger partial charge in [0.05, 0.1) is 24.1 Å². The van der Waals surface area contributed by atoms with Crippen LogP contribution in [0.4, 0.5) is 5.69 Å². The third-order valence-electron chi connectivity index (χ3n) is 5.45. The summed E-state index contributed by atoms with van der Waals surface area (Å²) >= 11 is 1.59. The highest BCUT2D eigenvalue weighted by atomic mass is 32.2. The molecule has 0 spiro atoms. The summed E-state index contributed by atoms with van der Waals surface area (Å²) in [4.78, 5) is 16.3. The van der Waals surface area contributed by atoms with Gasteiger partial charge >= 0.3 is 0 Å². The number of aromatic nitrogens is 1. The summed E-state index contributed by atoms with van der Waals surface area (Å²) in [7, 11) is 1.68. The van der Waals surface area contributed by atoms with Crippen LogP contribution in [-0.2, 0) is 5.75 Å². The van der Waals surface area contributed by atoms with E-state index < -0.39 is 0 Å². The van der Waals surface area contributed by atoms with Gasteiger partial charge < -0.3 is 19.5 Å². The maximum Gasteiger partial charge on any atom is 0.252 e. The Bertz CT molecular complexity index is 1010. The van der Waals surface area contributed by atoms with E-state index in [1.54, 1.807) is 18.9 Å². The average molecular weight is 438 g/mol. The first-order valence-corrected chi connectivity index (χ1v) is 11.4. The fraction of sp³-hybridized carbons (Fsp3) is 0.333. The van der Waals surface area contributed by atoms with E-state index in [-0.39, 0.29) is 11.9 Å². The van der Waals surface area contributed by atoms with E-state index in [1.165, 1.54) is 5.69 Å². The molecule has 1 saturated heterocycles. The molecule has 1 aliphatic rings. The highest BCUT2D eigenvalue weighted by Crippen LogP contribution is 2.27. The van der Waals surface area contributed by atoms with Gasteiger partial charge in [-0.1, -0.05) is 17.3 Å².